The Kier molecular flexibility index (Phi) is 5.39. The fourth-order valence-corrected chi connectivity index (χ4v) is 1.49. The molecule has 1 atom stereocenters. The van der Waals surface area contributed by atoms with Crippen LogP contribution in [0.25, 0.3) is 0 Å². The maximum Gasteiger partial charge on any atom is 0.321 e. The summed E-state index contributed by atoms with van der Waals surface area (Å²) in [6, 6.07) is 6.73. The number of nitrogens with zero attached hydrogens (tertiary/aromatic N) is 1. The first kappa shape index (κ1) is 16.3. The molecule has 1 rings (SSSR count). The van der Waals surface area contributed by atoms with Gasteiger partial charge in [0.15, 0.2) is 0 Å². The molecule has 0 radical (unpaired) electrons. The lowest BCUT2D eigenvalue weighted by atomic mass is 10.2. The van der Waals surface area contributed by atoms with Crippen LogP contribution in [0.3, 0.4) is 0 Å². The molecule has 5 heteroatoms. The van der Waals surface area contributed by atoms with Gasteiger partial charge in [0.25, 0.3) is 0 Å². The zero-order chi connectivity index (χ0) is 15.3. The number of aliphatic hydroxyl groups is 1. The molecule has 20 heavy (non-hydrogen) atoms. The molecule has 112 valence electrons. The Bertz CT molecular complexity index is 437. The van der Waals surface area contributed by atoms with Gasteiger partial charge in [-0.2, -0.15) is 0 Å². The van der Waals surface area contributed by atoms with E-state index in [9.17, 15) is 4.79 Å². The minimum Gasteiger partial charge on any atom is -0.488 e. The van der Waals surface area contributed by atoms with Crippen LogP contribution in [0.5, 0.6) is 5.75 Å². The Morgan fingerprint density at radius 1 is 1.35 bits per heavy atom. The van der Waals surface area contributed by atoms with Crippen molar-refractivity contribution in [1.82, 2.24) is 4.90 Å². The number of benzene rings is 1. The first-order chi connectivity index (χ1) is 9.23. The molecule has 0 spiro atoms. The van der Waals surface area contributed by atoms with Crippen molar-refractivity contribution < 1.29 is 14.6 Å². The number of likely N-dealkylation sites (N-methyl/N-ethyl adjacent to an activating group) is 1. The highest BCUT2D eigenvalue weighted by Gasteiger charge is 2.15. The third kappa shape index (κ3) is 5.09. The summed E-state index contributed by atoms with van der Waals surface area (Å²) in [5.41, 5.74) is 0.440. The second kappa shape index (κ2) is 6.61. The first-order valence-corrected chi connectivity index (χ1v) is 6.66. The van der Waals surface area contributed by atoms with Crippen molar-refractivity contribution in [2.24, 2.45) is 0 Å². The van der Waals surface area contributed by atoms with E-state index in [1.807, 2.05) is 32.9 Å². The van der Waals surface area contributed by atoms with E-state index in [2.05, 4.69) is 5.32 Å². The highest BCUT2D eigenvalue weighted by molar-refractivity contribution is 5.89. The molecular formula is C15H24N2O3. The van der Waals surface area contributed by atoms with Gasteiger partial charge in [-0.25, -0.2) is 4.79 Å². The minimum atomic E-state index is -0.254. The monoisotopic (exact) mass is 280 g/mol. The predicted molar refractivity (Wildman–Crippen MR) is 80.2 cm³/mol. The van der Waals surface area contributed by atoms with Gasteiger partial charge in [0.1, 0.15) is 11.4 Å². The molecule has 0 fully saturated rings. The molecule has 0 aliphatic heterocycles. The van der Waals surface area contributed by atoms with E-state index in [-0.39, 0.29) is 24.3 Å². The van der Waals surface area contributed by atoms with E-state index in [4.69, 9.17) is 9.84 Å². The summed E-state index contributed by atoms with van der Waals surface area (Å²) in [6.45, 7) is 7.65. The summed E-state index contributed by atoms with van der Waals surface area (Å²) in [7, 11) is 1.65. The van der Waals surface area contributed by atoms with Gasteiger partial charge < -0.3 is 20.1 Å². The smallest absolute Gasteiger partial charge is 0.321 e. The Morgan fingerprint density at radius 2 is 1.90 bits per heavy atom. The number of ether oxygens (including phenoxy) is 1. The van der Waals surface area contributed by atoms with Gasteiger partial charge in [-0.3, -0.25) is 0 Å². The Balaban J connectivity index is 2.64. The average molecular weight is 280 g/mol. The number of carbonyl (C=O) groups excluding carboxylic acids is 1. The van der Waals surface area contributed by atoms with E-state index >= 15 is 0 Å². The van der Waals surface area contributed by atoms with E-state index in [1.165, 1.54) is 4.90 Å². The molecule has 0 heterocycles. The number of anilines is 1. The summed E-state index contributed by atoms with van der Waals surface area (Å²) < 4.78 is 5.71. The Labute approximate surface area is 120 Å². The van der Waals surface area contributed by atoms with Gasteiger partial charge in [-0.15, -0.1) is 0 Å². The highest BCUT2D eigenvalue weighted by atomic mass is 16.5. The summed E-state index contributed by atoms with van der Waals surface area (Å²) >= 11 is 0. The van der Waals surface area contributed by atoms with Crippen LogP contribution in [-0.2, 0) is 0 Å². The molecule has 2 amide bonds. The lowest BCUT2D eigenvalue weighted by Gasteiger charge is -2.24. The maximum absolute atomic E-state index is 11.9. The summed E-state index contributed by atoms with van der Waals surface area (Å²) in [5, 5.41) is 11.8. The molecule has 0 saturated heterocycles. The number of urea groups is 1. The molecule has 1 aromatic rings. The average Bonchev–Trinajstić information content (AvgIpc) is 2.37. The van der Waals surface area contributed by atoms with E-state index in [1.54, 1.807) is 26.1 Å². The third-order valence-corrected chi connectivity index (χ3v) is 2.78. The van der Waals surface area contributed by atoms with Crippen molar-refractivity contribution in [3.63, 3.8) is 0 Å². The molecule has 1 aromatic carbocycles. The van der Waals surface area contributed by atoms with Crippen molar-refractivity contribution in [3.8, 4) is 5.75 Å². The summed E-state index contributed by atoms with van der Waals surface area (Å²) in [4.78, 5) is 13.4. The fourth-order valence-electron chi connectivity index (χ4n) is 1.49. The number of aliphatic hydroxyl groups excluding tert-OH is 1. The number of rotatable bonds is 4. The van der Waals surface area contributed by atoms with Crippen LogP contribution in [0.15, 0.2) is 24.3 Å². The van der Waals surface area contributed by atoms with Gasteiger partial charge in [-0.1, -0.05) is 0 Å². The molecule has 0 saturated carbocycles. The topological polar surface area (TPSA) is 61.8 Å². The van der Waals surface area contributed by atoms with E-state index < -0.39 is 0 Å². The fraction of sp³-hybridized carbons (Fsp3) is 0.533. The number of hydrogen-bond donors (Lipinski definition) is 2. The van der Waals surface area contributed by atoms with Crippen molar-refractivity contribution in [1.29, 1.82) is 0 Å². The molecule has 2 N–H and O–H groups in total. The van der Waals surface area contributed by atoms with Crippen LogP contribution < -0.4 is 10.1 Å². The largest absolute Gasteiger partial charge is 0.488 e. The molecule has 5 nitrogen and oxygen atoms in total. The normalized spacial score (nSPS) is 12.7. The van der Waals surface area contributed by atoms with Crippen LogP contribution >= 0.6 is 0 Å². The lowest BCUT2D eigenvalue weighted by Crippen LogP contribution is -2.40. The number of carbonyl (C=O) groups is 1. The lowest BCUT2D eigenvalue weighted by molar-refractivity contribution is 0.131. The SMILES string of the molecule is CC(CO)N(C)C(=O)Nc1ccc(OC(C)(C)C)cc1. The molecule has 1 unspecified atom stereocenters. The van der Waals surface area contributed by atoms with Crippen LogP contribution in [0, 0.1) is 0 Å². The van der Waals surface area contributed by atoms with Gasteiger partial charge in [0.05, 0.1) is 12.6 Å². The Hall–Kier alpha value is -1.75. The second-order valence-electron chi connectivity index (χ2n) is 5.81. The van der Waals surface area contributed by atoms with Gasteiger partial charge in [0.2, 0.25) is 0 Å². The van der Waals surface area contributed by atoms with Crippen LogP contribution in [-0.4, -0.2) is 41.3 Å². The molecule has 0 bridgehead atoms. The molecule has 0 aliphatic carbocycles. The van der Waals surface area contributed by atoms with Gasteiger partial charge >= 0.3 is 6.03 Å². The summed E-state index contributed by atoms with van der Waals surface area (Å²) in [5.74, 6) is 0.757. The first-order valence-electron chi connectivity index (χ1n) is 6.66. The van der Waals surface area contributed by atoms with Crippen LogP contribution in [0.4, 0.5) is 10.5 Å². The third-order valence-electron chi connectivity index (χ3n) is 2.78. The van der Waals surface area contributed by atoms with Crippen molar-refractivity contribution >= 4 is 11.7 Å². The molecular weight excluding hydrogens is 256 g/mol. The maximum atomic E-state index is 11.9. The highest BCUT2D eigenvalue weighted by Crippen LogP contribution is 2.20. The minimum absolute atomic E-state index is 0.0672. The van der Waals surface area contributed by atoms with Crippen molar-refractivity contribution in [2.45, 2.75) is 39.3 Å². The van der Waals surface area contributed by atoms with E-state index in [0.717, 1.165) is 5.75 Å². The Morgan fingerprint density at radius 3 is 2.35 bits per heavy atom. The number of hydrogen-bond acceptors (Lipinski definition) is 3. The zero-order valence-corrected chi connectivity index (χ0v) is 12.8. The molecule has 0 aliphatic rings. The standard InChI is InChI=1S/C15H24N2O3/c1-11(10-18)17(5)14(19)16-12-6-8-13(9-7-12)20-15(2,3)4/h6-9,11,18H,10H2,1-5H3,(H,16,19). The number of nitrogens with one attached hydrogen (secondary N) is 1. The predicted octanol–water partition coefficient (Wildman–Crippen LogP) is 2.71. The second-order valence-corrected chi connectivity index (χ2v) is 5.81. The van der Waals surface area contributed by atoms with Crippen molar-refractivity contribution in [2.75, 3.05) is 19.0 Å². The quantitative estimate of drug-likeness (QED) is 0.891. The zero-order valence-electron chi connectivity index (χ0n) is 12.8. The van der Waals surface area contributed by atoms with Crippen LogP contribution in [0.2, 0.25) is 0 Å². The number of amides is 2. The van der Waals surface area contributed by atoms with E-state index in [0.29, 0.717) is 5.69 Å². The van der Waals surface area contributed by atoms with Gasteiger partial charge in [0, 0.05) is 12.7 Å². The molecule has 0 aromatic heterocycles. The van der Waals surface area contributed by atoms with Gasteiger partial charge in [-0.05, 0) is 52.0 Å². The summed E-state index contributed by atoms with van der Waals surface area (Å²) in [6.07, 6.45) is 0. The van der Waals surface area contributed by atoms with Crippen molar-refractivity contribution in [3.05, 3.63) is 24.3 Å². The van der Waals surface area contributed by atoms with Crippen LogP contribution in [0.1, 0.15) is 27.7 Å².